The van der Waals surface area contributed by atoms with Gasteiger partial charge in [-0.25, -0.2) is 4.99 Å². The third-order valence-electron chi connectivity index (χ3n) is 3.66. The van der Waals surface area contributed by atoms with Crippen LogP contribution in [0, 0.1) is 0 Å². The van der Waals surface area contributed by atoms with Gasteiger partial charge in [0.05, 0.1) is 12.6 Å². The zero-order valence-electron chi connectivity index (χ0n) is 13.2. The summed E-state index contributed by atoms with van der Waals surface area (Å²) in [5, 5.41) is 13.0. The Morgan fingerprint density at radius 1 is 1.38 bits per heavy atom. The molecule has 1 aromatic carbocycles. The molecular weight excluding hydrogens is 264 g/mol. The molecule has 1 atom stereocenters. The van der Waals surface area contributed by atoms with E-state index in [-0.39, 0.29) is 6.10 Å². The van der Waals surface area contributed by atoms with Crippen LogP contribution in [0.3, 0.4) is 0 Å². The number of hydrogen-bond acceptors (Lipinski definition) is 3. The molecule has 116 valence electrons. The van der Waals surface area contributed by atoms with Crippen LogP contribution in [0.4, 0.5) is 5.69 Å². The number of benzene rings is 1. The van der Waals surface area contributed by atoms with Crippen molar-refractivity contribution in [1.82, 2.24) is 10.2 Å². The van der Waals surface area contributed by atoms with Crippen LogP contribution in [-0.4, -0.2) is 55.8 Å². The van der Waals surface area contributed by atoms with E-state index < -0.39 is 0 Å². The lowest BCUT2D eigenvalue weighted by Crippen LogP contribution is -2.40. The van der Waals surface area contributed by atoms with Gasteiger partial charge in [0.2, 0.25) is 0 Å². The maximum absolute atomic E-state index is 9.66. The fourth-order valence-electron chi connectivity index (χ4n) is 2.43. The molecule has 2 rings (SSSR count). The van der Waals surface area contributed by atoms with E-state index in [0.717, 1.165) is 25.5 Å². The fourth-order valence-corrected chi connectivity index (χ4v) is 2.43. The highest BCUT2D eigenvalue weighted by Gasteiger charge is 2.22. The van der Waals surface area contributed by atoms with E-state index in [4.69, 9.17) is 0 Å². The lowest BCUT2D eigenvalue weighted by Gasteiger charge is -2.21. The number of aliphatic hydroxyl groups excluding tert-OH is 1. The van der Waals surface area contributed by atoms with Crippen LogP contribution in [0.1, 0.15) is 18.9 Å². The summed E-state index contributed by atoms with van der Waals surface area (Å²) in [5.74, 6) is 0.894. The average molecular weight is 290 g/mol. The monoisotopic (exact) mass is 290 g/mol. The van der Waals surface area contributed by atoms with Gasteiger partial charge in [0, 0.05) is 39.4 Å². The molecule has 0 bridgehead atoms. The lowest BCUT2D eigenvalue weighted by atomic mass is 10.2. The summed E-state index contributed by atoms with van der Waals surface area (Å²) in [6, 6.07) is 8.44. The molecule has 1 heterocycles. The minimum absolute atomic E-state index is 0.228. The molecule has 1 aliphatic rings. The van der Waals surface area contributed by atoms with E-state index in [1.54, 1.807) is 0 Å². The Labute approximate surface area is 127 Å². The number of nitrogens with zero attached hydrogens (tertiary/aromatic N) is 3. The molecule has 0 spiro atoms. The molecule has 1 fully saturated rings. The third-order valence-corrected chi connectivity index (χ3v) is 3.66. The van der Waals surface area contributed by atoms with Gasteiger partial charge in [-0.2, -0.15) is 0 Å². The molecule has 0 radical (unpaired) electrons. The molecule has 5 nitrogen and oxygen atoms in total. The molecule has 21 heavy (non-hydrogen) atoms. The number of guanidine groups is 1. The molecule has 5 heteroatoms. The number of aliphatic hydroxyl groups is 1. The first-order valence-corrected chi connectivity index (χ1v) is 7.57. The van der Waals surface area contributed by atoms with Crippen molar-refractivity contribution >= 4 is 11.6 Å². The van der Waals surface area contributed by atoms with Gasteiger partial charge in [-0.05, 0) is 31.0 Å². The van der Waals surface area contributed by atoms with Gasteiger partial charge in [-0.1, -0.05) is 12.1 Å². The quantitative estimate of drug-likeness (QED) is 0.648. The SMILES string of the molecule is CCNC(=NCc1ccc(N(C)C)cc1)N1CC[C@@H](O)C1. The van der Waals surface area contributed by atoms with Crippen molar-refractivity contribution in [2.75, 3.05) is 38.6 Å². The number of hydrogen-bond donors (Lipinski definition) is 2. The summed E-state index contributed by atoms with van der Waals surface area (Å²) in [4.78, 5) is 8.89. The minimum Gasteiger partial charge on any atom is -0.391 e. The molecule has 1 aliphatic heterocycles. The summed E-state index contributed by atoms with van der Waals surface area (Å²) in [6.07, 6.45) is 0.593. The van der Waals surface area contributed by atoms with Gasteiger partial charge in [-0.3, -0.25) is 0 Å². The van der Waals surface area contributed by atoms with Crippen molar-refractivity contribution < 1.29 is 5.11 Å². The normalized spacial score (nSPS) is 19.0. The summed E-state index contributed by atoms with van der Waals surface area (Å²) in [6.45, 7) is 5.10. The number of nitrogens with one attached hydrogen (secondary N) is 1. The average Bonchev–Trinajstić information content (AvgIpc) is 2.90. The number of likely N-dealkylation sites (tertiary alicyclic amines) is 1. The summed E-state index contributed by atoms with van der Waals surface area (Å²) in [7, 11) is 4.07. The Balaban J connectivity index is 2.01. The van der Waals surface area contributed by atoms with E-state index in [0.29, 0.717) is 13.1 Å². The highest BCUT2D eigenvalue weighted by Crippen LogP contribution is 2.14. The number of rotatable bonds is 4. The molecule has 0 unspecified atom stereocenters. The minimum atomic E-state index is -0.228. The predicted octanol–water partition coefficient (Wildman–Crippen LogP) is 1.28. The molecule has 1 saturated heterocycles. The van der Waals surface area contributed by atoms with Crippen molar-refractivity contribution in [3.05, 3.63) is 29.8 Å². The highest BCUT2D eigenvalue weighted by atomic mass is 16.3. The third kappa shape index (κ3) is 4.36. The van der Waals surface area contributed by atoms with Gasteiger partial charge in [0.15, 0.2) is 5.96 Å². The standard InChI is InChI=1S/C16H26N4O/c1-4-17-16(20-10-9-15(21)12-20)18-11-13-5-7-14(8-6-13)19(2)3/h5-8,15,21H,4,9-12H2,1-3H3,(H,17,18)/t15-/m1/s1. The van der Waals surface area contributed by atoms with Crippen LogP contribution < -0.4 is 10.2 Å². The van der Waals surface area contributed by atoms with Crippen LogP contribution in [0.15, 0.2) is 29.3 Å². The van der Waals surface area contributed by atoms with Crippen LogP contribution in [0.2, 0.25) is 0 Å². The first kappa shape index (κ1) is 15.6. The Kier molecular flexibility index (Phi) is 5.44. The second kappa shape index (κ2) is 7.31. The van der Waals surface area contributed by atoms with Crippen LogP contribution in [-0.2, 0) is 6.54 Å². The molecule has 0 aliphatic carbocycles. The van der Waals surface area contributed by atoms with E-state index >= 15 is 0 Å². The highest BCUT2D eigenvalue weighted by molar-refractivity contribution is 5.80. The molecule has 2 N–H and O–H groups in total. The zero-order chi connectivity index (χ0) is 15.2. The Morgan fingerprint density at radius 3 is 2.62 bits per heavy atom. The van der Waals surface area contributed by atoms with Gasteiger partial charge in [0.25, 0.3) is 0 Å². The zero-order valence-corrected chi connectivity index (χ0v) is 13.2. The number of β-amino-alcohol motifs (C(OH)–C–C–N with tert-alkyl or cyclic N) is 1. The van der Waals surface area contributed by atoms with Crippen molar-refractivity contribution in [2.24, 2.45) is 4.99 Å². The van der Waals surface area contributed by atoms with Crippen molar-refractivity contribution in [3.63, 3.8) is 0 Å². The van der Waals surface area contributed by atoms with Crippen LogP contribution in [0.5, 0.6) is 0 Å². The second-order valence-electron chi connectivity index (χ2n) is 5.62. The van der Waals surface area contributed by atoms with Crippen molar-refractivity contribution in [2.45, 2.75) is 26.0 Å². The first-order valence-electron chi connectivity index (χ1n) is 7.57. The second-order valence-corrected chi connectivity index (χ2v) is 5.62. The topological polar surface area (TPSA) is 51.1 Å². The molecular formula is C16H26N4O. The largest absolute Gasteiger partial charge is 0.391 e. The van der Waals surface area contributed by atoms with Gasteiger partial charge in [-0.15, -0.1) is 0 Å². The van der Waals surface area contributed by atoms with Crippen LogP contribution in [0.25, 0.3) is 0 Å². The maximum atomic E-state index is 9.66. The van der Waals surface area contributed by atoms with Gasteiger partial charge < -0.3 is 20.2 Å². The van der Waals surface area contributed by atoms with Crippen LogP contribution >= 0.6 is 0 Å². The lowest BCUT2D eigenvalue weighted by molar-refractivity contribution is 0.188. The maximum Gasteiger partial charge on any atom is 0.194 e. The summed E-state index contributed by atoms with van der Waals surface area (Å²) in [5.41, 5.74) is 2.38. The number of aliphatic imine (C=N–C) groups is 1. The van der Waals surface area contributed by atoms with E-state index in [1.165, 1.54) is 11.3 Å². The molecule has 0 saturated carbocycles. The molecule has 0 amide bonds. The van der Waals surface area contributed by atoms with Crippen molar-refractivity contribution in [1.29, 1.82) is 0 Å². The summed E-state index contributed by atoms with van der Waals surface area (Å²) >= 11 is 0. The summed E-state index contributed by atoms with van der Waals surface area (Å²) < 4.78 is 0. The smallest absolute Gasteiger partial charge is 0.194 e. The first-order chi connectivity index (χ1) is 10.1. The van der Waals surface area contributed by atoms with Gasteiger partial charge in [0.1, 0.15) is 0 Å². The van der Waals surface area contributed by atoms with E-state index in [2.05, 4.69) is 51.3 Å². The predicted molar refractivity (Wildman–Crippen MR) is 87.8 cm³/mol. The van der Waals surface area contributed by atoms with Gasteiger partial charge >= 0.3 is 0 Å². The molecule has 0 aromatic heterocycles. The fraction of sp³-hybridized carbons (Fsp3) is 0.562. The van der Waals surface area contributed by atoms with Crippen molar-refractivity contribution in [3.8, 4) is 0 Å². The Bertz CT molecular complexity index is 470. The van der Waals surface area contributed by atoms with E-state index in [1.807, 2.05) is 14.1 Å². The Hall–Kier alpha value is -1.75. The Morgan fingerprint density at radius 2 is 2.10 bits per heavy atom. The van der Waals surface area contributed by atoms with E-state index in [9.17, 15) is 5.11 Å². The number of anilines is 1. The molecule has 1 aromatic rings.